The van der Waals surface area contributed by atoms with E-state index >= 15 is 0 Å². The predicted octanol–water partition coefficient (Wildman–Crippen LogP) is 4.19. The Morgan fingerprint density at radius 1 is 1.00 bits per heavy atom. The summed E-state index contributed by atoms with van der Waals surface area (Å²) in [4.78, 5) is 3.42. The summed E-state index contributed by atoms with van der Waals surface area (Å²) >= 11 is 0. The number of anilines is 2. The Balaban J connectivity index is 1.43. The molecule has 0 bridgehead atoms. The standard InChI is InChI=1S/C20H18N3O/c21-17-6-2-4-8-19(17)22-11-12-24-14-9-10-16-15-5-1-3-7-18(15)23-20(16)13-14/h1-7,9-10,13,22-23H,11-12,21H2. The highest BCUT2D eigenvalue weighted by atomic mass is 16.5. The summed E-state index contributed by atoms with van der Waals surface area (Å²) in [6.45, 7) is 1.21. The summed E-state index contributed by atoms with van der Waals surface area (Å²) in [7, 11) is 0. The molecular weight excluding hydrogens is 298 g/mol. The minimum Gasteiger partial charge on any atom is -0.492 e. The maximum Gasteiger partial charge on any atom is 0.121 e. The number of hydrogen-bond donors (Lipinski definition) is 3. The van der Waals surface area contributed by atoms with Crippen LogP contribution < -0.4 is 15.8 Å². The SMILES string of the molecule is Nc1ccc[c]c1NCCOc1ccc2c(c1)[nH]c1ccccc12. The minimum atomic E-state index is 0.550. The summed E-state index contributed by atoms with van der Waals surface area (Å²) in [6.07, 6.45) is 0. The van der Waals surface area contributed by atoms with Gasteiger partial charge in [0.1, 0.15) is 12.4 Å². The molecule has 0 saturated heterocycles. The first-order chi connectivity index (χ1) is 11.8. The fourth-order valence-electron chi connectivity index (χ4n) is 2.87. The van der Waals surface area contributed by atoms with E-state index in [9.17, 15) is 0 Å². The molecule has 1 heterocycles. The number of aromatic amines is 1. The fraction of sp³-hybridized carbons (Fsp3) is 0.100. The highest BCUT2D eigenvalue weighted by Gasteiger charge is 2.05. The number of para-hydroxylation sites is 2. The van der Waals surface area contributed by atoms with Gasteiger partial charge in [0.05, 0.1) is 16.9 Å². The van der Waals surface area contributed by atoms with Crippen molar-refractivity contribution in [2.24, 2.45) is 0 Å². The van der Waals surface area contributed by atoms with Crippen LogP contribution in [0.25, 0.3) is 21.8 Å². The van der Waals surface area contributed by atoms with Gasteiger partial charge in [0.25, 0.3) is 0 Å². The zero-order chi connectivity index (χ0) is 16.4. The van der Waals surface area contributed by atoms with Crippen molar-refractivity contribution in [1.82, 2.24) is 4.98 Å². The van der Waals surface area contributed by atoms with Crippen LogP contribution in [0.5, 0.6) is 5.75 Å². The number of H-pyrrole nitrogens is 1. The average Bonchev–Trinajstić information content (AvgIpc) is 2.98. The normalized spacial score (nSPS) is 11.0. The molecule has 4 aromatic rings. The molecule has 119 valence electrons. The van der Waals surface area contributed by atoms with Gasteiger partial charge in [-0.15, -0.1) is 0 Å². The van der Waals surface area contributed by atoms with Crippen LogP contribution in [-0.2, 0) is 0 Å². The van der Waals surface area contributed by atoms with Gasteiger partial charge in [-0.2, -0.15) is 0 Å². The van der Waals surface area contributed by atoms with E-state index in [1.165, 1.54) is 10.8 Å². The first-order valence-electron chi connectivity index (χ1n) is 7.94. The van der Waals surface area contributed by atoms with Crippen molar-refractivity contribution in [3.63, 3.8) is 0 Å². The van der Waals surface area contributed by atoms with Gasteiger partial charge in [0, 0.05) is 35.0 Å². The van der Waals surface area contributed by atoms with E-state index in [1.54, 1.807) is 0 Å². The topological polar surface area (TPSA) is 63.1 Å². The van der Waals surface area contributed by atoms with E-state index < -0.39 is 0 Å². The van der Waals surface area contributed by atoms with Gasteiger partial charge < -0.3 is 20.8 Å². The summed E-state index contributed by atoms with van der Waals surface area (Å²) in [5.74, 6) is 0.848. The Morgan fingerprint density at radius 2 is 1.88 bits per heavy atom. The van der Waals surface area contributed by atoms with E-state index in [0.29, 0.717) is 18.8 Å². The lowest BCUT2D eigenvalue weighted by molar-refractivity contribution is 0.333. The number of aromatic nitrogens is 1. The van der Waals surface area contributed by atoms with Crippen molar-refractivity contribution < 1.29 is 4.74 Å². The Hall–Kier alpha value is -3.14. The molecule has 4 N–H and O–H groups in total. The lowest BCUT2D eigenvalue weighted by atomic mass is 10.1. The van der Waals surface area contributed by atoms with Crippen LogP contribution in [0.1, 0.15) is 0 Å². The van der Waals surface area contributed by atoms with Crippen molar-refractivity contribution in [2.75, 3.05) is 24.2 Å². The molecule has 0 amide bonds. The van der Waals surface area contributed by atoms with Crippen LogP contribution >= 0.6 is 0 Å². The van der Waals surface area contributed by atoms with Crippen LogP contribution in [0, 0.1) is 6.07 Å². The Morgan fingerprint density at radius 3 is 2.79 bits per heavy atom. The number of nitrogens with two attached hydrogens (primary N) is 1. The Labute approximate surface area is 140 Å². The van der Waals surface area contributed by atoms with Gasteiger partial charge in [-0.1, -0.05) is 30.3 Å². The molecule has 1 radical (unpaired) electrons. The van der Waals surface area contributed by atoms with Crippen molar-refractivity contribution >= 4 is 33.2 Å². The fourth-order valence-corrected chi connectivity index (χ4v) is 2.87. The van der Waals surface area contributed by atoms with Crippen molar-refractivity contribution in [3.05, 3.63) is 66.7 Å². The summed E-state index contributed by atoms with van der Waals surface area (Å²) in [6, 6.07) is 23.1. The van der Waals surface area contributed by atoms with Crippen molar-refractivity contribution in [2.45, 2.75) is 0 Å². The zero-order valence-corrected chi connectivity index (χ0v) is 13.2. The van der Waals surface area contributed by atoms with E-state index in [-0.39, 0.29) is 0 Å². The monoisotopic (exact) mass is 316 g/mol. The molecule has 0 saturated carbocycles. The molecule has 3 aromatic carbocycles. The number of ether oxygens (including phenoxy) is 1. The van der Waals surface area contributed by atoms with E-state index in [1.807, 2.05) is 36.4 Å². The van der Waals surface area contributed by atoms with E-state index in [2.05, 4.69) is 40.6 Å². The second-order valence-electron chi connectivity index (χ2n) is 5.65. The molecule has 4 heteroatoms. The molecule has 4 rings (SSSR count). The summed E-state index contributed by atoms with van der Waals surface area (Å²) in [5.41, 5.74) is 9.60. The third-order valence-corrected chi connectivity index (χ3v) is 4.04. The highest BCUT2D eigenvalue weighted by molar-refractivity contribution is 6.07. The largest absolute Gasteiger partial charge is 0.492 e. The Bertz CT molecular complexity index is 990. The number of rotatable bonds is 5. The maximum absolute atomic E-state index is 5.87. The number of nitrogens with one attached hydrogen (secondary N) is 2. The van der Waals surface area contributed by atoms with Gasteiger partial charge in [-0.25, -0.2) is 0 Å². The third-order valence-electron chi connectivity index (χ3n) is 4.04. The smallest absolute Gasteiger partial charge is 0.121 e. The molecule has 24 heavy (non-hydrogen) atoms. The summed E-state index contributed by atoms with van der Waals surface area (Å²) in [5, 5.41) is 5.67. The molecule has 0 aliphatic rings. The molecule has 1 aromatic heterocycles. The van der Waals surface area contributed by atoms with Gasteiger partial charge in [0.2, 0.25) is 0 Å². The van der Waals surface area contributed by atoms with Crippen molar-refractivity contribution in [1.29, 1.82) is 0 Å². The van der Waals surface area contributed by atoms with Crippen LogP contribution in [0.15, 0.2) is 60.7 Å². The zero-order valence-electron chi connectivity index (χ0n) is 13.2. The van der Waals surface area contributed by atoms with Crippen molar-refractivity contribution in [3.8, 4) is 5.75 Å². The lowest BCUT2D eigenvalue weighted by Crippen LogP contribution is -2.12. The molecular formula is C20H18N3O. The molecule has 4 nitrogen and oxygen atoms in total. The number of fused-ring (bicyclic) bond motifs is 3. The van der Waals surface area contributed by atoms with Crippen LogP contribution in [0.4, 0.5) is 11.4 Å². The molecule has 0 atom stereocenters. The maximum atomic E-state index is 5.87. The summed E-state index contributed by atoms with van der Waals surface area (Å²) < 4.78 is 5.83. The second kappa shape index (κ2) is 6.16. The first kappa shape index (κ1) is 14.5. The molecule has 0 spiro atoms. The number of nitrogen functional groups attached to an aromatic ring is 1. The molecule has 0 aliphatic heterocycles. The lowest BCUT2D eigenvalue weighted by Gasteiger charge is -2.10. The highest BCUT2D eigenvalue weighted by Crippen LogP contribution is 2.28. The van der Waals surface area contributed by atoms with Gasteiger partial charge >= 0.3 is 0 Å². The number of benzene rings is 3. The second-order valence-corrected chi connectivity index (χ2v) is 5.65. The van der Waals surface area contributed by atoms with Gasteiger partial charge in [0.15, 0.2) is 0 Å². The van der Waals surface area contributed by atoms with E-state index in [4.69, 9.17) is 10.5 Å². The van der Waals surface area contributed by atoms with Gasteiger partial charge in [-0.3, -0.25) is 0 Å². The first-order valence-corrected chi connectivity index (χ1v) is 7.94. The molecule has 0 fully saturated rings. The van der Waals surface area contributed by atoms with Gasteiger partial charge in [-0.05, 0) is 24.3 Å². The van der Waals surface area contributed by atoms with Crippen LogP contribution in [-0.4, -0.2) is 18.1 Å². The Kier molecular flexibility index (Phi) is 3.71. The average molecular weight is 316 g/mol. The predicted molar refractivity (Wildman–Crippen MR) is 99.5 cm³/mol. The minimum absolute atomic E-state index is 0.550. The molecule has 0 aliphatic carbocycles. The quantitative estimate of drug-likeness (QED) is 0.382. The molecule has 0 unspecified atom stereocenters. The van der Waals surface area contributed by atoms with E-state index in [0.717, 1.165) is 22.5 Å². The van der Waals surface area contributed by atoms with Crippen LogP contribution in [0.2, 0.25) is 0 Å². The number of hydrogen-bond acceptors (Lipinski definition) is 3. The van der Waals surface area contributed by atoms with Crippen LogP contribution in [0.3, 0.4) is 0 Å². The third kappa shape index (κ3) is 2.74.